The van der Waals surface area contributed by atoms with Crippen LogP contribution in [0.1, 0.15) is 93.7 Å². The maximum absolute atomic E-state index is 8.74. The molecule has 3 N–H and O–H groups in total. The molecular weight excluding hydrogens is 510 g/mol. The molecule has 3 aromatic rings. The van der Waals surface area contributed by atoms with E-state index in [1.54, 1.807) is 12.1 Å². The minimum atomic E-state index is 0.189. The maximum Gasteiger partial charge on any atom is 0.119 e. The van der Waals surface area contributed by atoms with Gasteiger partial charge in [-0.1, -0.05) is 37.8 Å². The van der Waals surface area contributed by atoms with Crippen LogP contribution in [0.4, 0.5) is 0 Å². The van der Waals surface area contributed by atoms with Gasteiger partial charge in [0.15, 0.2) is 0 Å². The number of nitrogens with zero attached hydrogens (tertiary/aromatic N) is 2. The van der Waals surface area contributed by atoms with Crippen molar-refractivity contribution < 1.29 is 14.6 Å². The van der Waals surface area contributed by atoms with Crippen LogP contribution in [0.25, 0.3) is 0 Å². The normalized spacial score (nSPS) is 15.7. The van der Waals surface area contributed by atoms with Crippen molar-refractivity contribution in [2.45, 2.75) is 95.8 Å². The lowest BCUT2D eigenvalue weighted by molar-refractivity contribution is 0.183. The molecule has 0 aromatic heterocycles. The molecule has 2 saturated carbocycles. The van der Waals surface area contributed by atoms with Crippen LogP contribution in [-0.4, -0.2) is 17.3 Å². The molecule has 0 radical (unpaired) electrons. The predicted molar refractivity (Wildman–Crippen MR) is 163 cm³/mol. The van der Waals surface area contributed by atoms with Gasteiger partial charge in [0.2, 0.25) is 0 Å². The second kappa shape index (κ2) is 18.4. The Bertz CT molecular complexity index is 1200. The Hall–Kier alpha value is -4.00. The van der Waals surface area contributed by atoms with Crippen LogP contribution >= 0.6 is 0 Å². The van der Waals surface area contributed by atoms with Crippen molar-refractivity contribution in [3.63, 3.8) is 0 Å². The fourth-order valence-corrected chi connectivity index (χ4v) is 4.95. The molecule has 41 heavy (non-hydrogen) atoms. The topological polar surface area (TPSA) is 112 Å². The summed E-state index contributed by atoms with van der Waals surface area (Å²) in [5.41, 5.74) is 7.98. The lowest BCUT2D eigenvalue weighted by Crippen LogP contribution is -2.15. The fourth-order valence-electron chi connectivity index (χ4n) is 4.95. The Kier molecular flexibility index (Phi) is 14.1. The van der Waals surface area contributed by atoms with E-state index in [-0.39, 0.29) is 5.75 Å². The van der Waals surface area contributed by atoms with E-state index in [9.17, 15) is 0 Å². The highest BCUT2D eigenvalue weighted by Gasteiger charge is 2.14. The Morgan fingerprint density at radius 1 is 0.585 bits per heavy atom. The monoisotopic (exact) mass is 553 g/mol. The van der Waals surface area contributed by atoms with E-state index in [4.69, 9.17) is 30.8 Å². The number of aromatic hydroxyl groups is 1. The number of hydrogen-bond acceptors (Lipinski definition) is 6. The zero-order valence-corrected chi connectivity index (χ0v) is 24.0. The second-order valence-corrected chi connectivity index (χ2v) is 10.6. The van der Waals surface area contributed by atoms with Gasteiger partial charge in [-0.05, 0) is 118 Å². The van der Waals surface area contributed by atoms with Gasteiger partial charge in [0.05, 0.1) is 35.5 Å². The minimum Gasteiger partial charge on any atom is -0.508 e. The van der Waals surface area contributed by atoms with E-state index in [0.29, 0.717) is 29.9 Å². The summed E-state index contributed by atoms with van der Waals surface area (Å²) in [7, 11) is 0. The number of rotatable bonds is 5. The molecule has 0 aliphatic heterocycles. The standard InChI is InChI=1S/C14H21NO.C14H17NO.C7H5NO/c2*15-11-12-7-9-14(10-8-12)16-13-5-3-1-2-4-6-13;8-5-6-1-3-7(9)4-2-6/h7-10,13H,1-6,11,15H2;7-10,13H,1-6H2;1-4,9H. The molecular formula is C35H43N3O3. The summed E-state index contributed by atoms with van der Waals surface area (Å²) in [4.78, 5) is 0. The summed E-state index contributed by atoms with van der Waals surface area (Å²) >= 11 is 0. The largest absolute Gasteiger partial charge is 0.508 e. The van der Waals surface area contributed by atoms with Gasteiger partial charge in [0.1, 0.15) is 17.2 Å². The molecule has 0 unspecified atom stereocenters. The number of benzene rings is 3. The SMILES string of the molecule is N#Cc1ccc(O)cc1.N#Cc1ccc(OC2CCCCCC2)cc1.NCc1ccc(OC2CCCCCC2)cc1. The first-order valence-corrected chi connectivity index (χ1v) is 14.9. The fraction of sp³-hybridized carbons (Fsp3) is 0.429. The van der Waals surface area contributed by atoms with E-state index in [1.165, 1.54) is 89.2 Å². The molecule has 0 amide bonds. The summed E-state index contributed by atoms with van der Waals surface area (Å²) in [6.07, 6.45) is 16.1. The zero-order valence-electron chi connectivity index (χ0n) is 24.0. The molecule has 0 atom stereocenters. The molecule has 2 aliphatic rings. The molecule has 0 saturated heterocycles. The van der Waals surface area contributed by atoms with E-state index in [0.717, 1.165) is 17.1 Å². The molecule has 0 bridgehead atoms. The number of nitrogens with two attached hydrogens (primary N) is 1. The number of nitriles is 2. The first-order valence-electron chi connectivity index (χ1n) is 14.9. The van der Waals surface area contributed by atoms with Crippen molar-refractivity contribution >= 4 is 0 Å². The Balaban J connectivity index is 0.000000176. The van der Waals surface area contributed by atoms with Gasteiger partial charge in [-0.2, -0.15) is 10.5 Å². The van der Waals surface area contributed by atoms with Gasteiger partial charge in [0.25, 0.3) is 0 Å². The van der Waals surface area contributed by atoms with Gasteiger partial charge in [-0.3, -0.25) is 0 Å². The van der Waals surface area contributed by atoms with Gasteiger partial charge in [-0.15, -0.1) is 0 Å². The maximum atomic E-state index is 8.74. The highest BCUT2D eigenvalue weighted by atomic mass is 16.5. The second-order valence-electron chi connectivity index (χ2n) is 10.6. The molecule has 2 fully saturated rings. The highest BCUT2D eigenvalue weighted by molar-refractivity contribution is 5.35. The van der Waals surface area contributed by atoms with Crippen LogP contribution in [0.15, 0.2) is 72.8 Å². The van der Waals surface area contributed by atoms with Crippen LogP contribution < -0.4 is 15.2 Å². The van der Waals surface area contributed by atoms with Crippen molar-refractivity contribution in [2.24, 2.45) is 5.73 Å². The molecule has 0 heterocycles. The number of hydrogen-bond donors (Lipinski definition) is 2. The number of phenolic OH excluding ortho intramolecular Hbond substituents is 1. The minimum absolute atomic E-state index is 0.189. The smallest absolute Gasteiger partial charge is 0.119 e. The Labute approximate surface area is 245 Å². The lowest BCUT2D eigenvalue weighted by atomic mass is 10.1. The van der Waals surface area contributed by atoms with Crippen LogP contribution in [0.2, 0.25) is 0 Å². The summed E-state index contributed by atoms with van der Waals surface area (Å²) in [5, 5.41) is 25.7. The van der Waals surface area contributed by atoms with Crippen molar-refractivity contribution in [1.82, 2.24) is 0 Å². The summed E-state index contributed by atoms with van der Waals surface area (Å²) in [6.45, 7) is 0.601. The molecule has 0 spiro atoms. The lowest BCUT2D eigenvalue weighted by Gasteiger charge is -2.17. The van der Waals surface area contributed by atoms with Crippen molar-refractivity contribution in [2.75, 3.05) is 0 Å². The van der Waals surface area contributed by atoms with Crippen molar-refractivity contribution in [1.29, 1.82) is 10.5 Å². The summed E-state index contributed by atoms with van der Waals surface area (Å²) < 4.78 is 11.9. The van der Waals surface area contributed by atoms with Gasteiger partial charge in [-0.25, -0.2) is 0 Å². The van der Waals surface area contributed by atoms with Crippen LogP contribution in [0.5, 0.6) is 17.2 Å². The average molecular weight is 554 g/mol. The number of phenols is 1. The molecule has 2 aliphatic carbocycles. The third kappa shape index (κ3) is 12.4. The van der Waals surface area contributed by atoms with Gasteiger partial charge >= 0.3 is 0 Å². The molecule has 5 rings (SSSR count). The van der Waals surface area contributed by atoms with E-state index in [2.05, 4.69) is 6.07 Å². The van der Waals surface area contributed by atoms with Gasteiger partial charge in [0, 0.05) is 6.54 Å². The molecule has 6 nitrogen and oxygen atoms in total. The third-order valence-electron chi connectivity index (χ3n) is 7.35. The van der Waals surface area contributed by atoms with E-state index < -0.39 is 0 Å². The quantitative estimate of drug-likeness (QED) is 0.308. The number of ether oxygens (including phenoxy) is 2. The zero-order chi connectivity index (χ0) is 29.1. The van der Waals surface area contributed by atoms with Crippen molar-refractivity contribution in [3.05, 3.63) is 89.5 Å². The first-order chi connectivity index (χ1) is 20.1. The van der Waals surface area contributed by atoms with E-state index >= 15 is 0 Å². The Morgan fingerprint density at radius 3 is 1.32 bits per heavy atom. The third-order valence-corrected chi connectivity index (χ3v) is 7.35. The molecule has 216 valence electrons. The van der Waals surface area contributed by atoms with Crippen LogP contribution in [0, 0.1) is 22.7 Å². The molecule has 3 aromatic carbocycles. The Morgan fingerprint density at radius 2 is 0.951 bits per heavy atom. The molecule has 6 heteroatoms. The first kappa shape index (κ1) is 31.5. The summed E-state index contributed by atoms with van der Waals surface area (Å²) in [5.74, 6) is 2.07. The van der Waals surface area contributed by atoms with E-state index in [1.807, 2.05) is 54.6 Å². The highest BCUT2D eigenvalue weighted by Crippen LogP contribution is 2.24. The van der Waals surface area contributed by atoms with Crippen LogP contribution in [-0.2, 0) is 6.54 Å². The van der Waals surface area contributed by atoms with Crippen molar-refractivity contribution in [3.8, 4) is 29.4 Å². The average Bonchev–Trinajstić information content (AvgIpc) is 3.44. The van der Waals surface area contributed by atoms with Gasteiger partial charge < -0.3 is 20.3 Å². The summed E-state index contributed by atoms with van der Waals surface area (Å²) in [6, 6.07) is 25.7. The van der Waals surface area contributed by atoms with Crippen LogP contribution in [0.3, 0.4) is 0 Å². The predicted octanol–water partition coefficient (Wildman–Crippen LogP) is 8.17.